The number of carbonyl (C=O) groups excluding carboxylic acids is 1. The van der Waals surface area contributed by atoms with Crippen LogP contribution in [0.5, 0.6) is 11.5 Å². The summed E-state index contributed by atoms with van der Waals surface area (Å²) in [5.41, 5.74) is -0.315. The molecule has 0 fully saturated rings. The summed E-state index contributed by atoms with van der Waals surface area (Å²) in [6.45, 7) is 1.77. The second kappa shape index (κ2) is 8.63. The molecular weight excluding hydrogens is 392 g/mol. The molecule has 0 aromatic heterocycles. The minimum Gasteiger partial charge on any atom is -0.506 e. The Hall–Kier alpha value is -4.57. The molecule has 3 N–H and O–H groups in total. The first-order valence-electron chi connectivity index (χ1n) is 8.39. The Bertz CT molecular complexity index is 1160. The van der Waals surface area contributed by atoms with Crippen LogP contribution in [0.3, 0.4) is 0 Å². The van der Waals surface area contributed by atoms with E-state index >= 15 is 0 Å². The van der Waals surface area contributed by atoms with Gasteiger partial charge in [0.2, 0.25) is 5.75 Å². The molecular formula is C20H16N4O6. The highest BCUT2D eigenvalue weighted by atomic mass is 16.6. The zero-order chi connectivity index (χ0) is 22.6. The quantitative estimate of drug-likeness (QED) is 0.169. The maximum absolute atomic E-state index is 12.7. The summed E-state index contributed by atoms with van der Waals surface area (Å²) < 4.78 is 0. The van der Waals surface area contributed by atoms with E-state index in [0.29, 0.717) is 11.1 Å². The van der Waals surface area contributed by atoms with E-state index in [0.717, 1.165) is 22.6 Å². The number of aryl methyl sites for hydroxylation is 1. The lowest BCUT2D eigenvalue weighted by molar-refractivity contribution is -0.386. The number of rotatable bonds is 5. The van der Waals surface area contributed by atoms with Crippen LogP contribution in [0, 0.1) is 39.7 Å². The van der Waals surface area contributed by atoms with E-state index in [1.165, 1.54) is 7.05 Å². The molecule has 152 valence electrons. The molecule has 10 heteroatoms. The maximum Gasteiger partial charge on any atom is 0.315 e. The number of aromatic hydroxyl groups is 2. The molecule has 0 spiro atoms. The minimum absolute atomic E-state index is 0.0388. The minimum atomic E-state index is -1.01. The lowest BCUT2D eigenvalue weighted by Crippen LogP contribution is -2.28. The largest absolute Gasteiger partial charge is 0.506 e. The van der Waals surface area contributed by atoms with Gasteiger partial charge >= 0.3 is 5.69 Å². The molecule has 2 aromatic rings. The fourth-order valence-electron chi connectivity index (χ4n) is 2.71. The molecule has 0 saturated carbocycles. The van der Waals surface area contributed by atoms with Crippen LogP contribution in [0.4, 0.5) is 5.69 Å². The summed E-state index contributed by atoms with van der Waals surface area (Å²) in [4.78, 5) is 23.8. The van der Waals surface area contributed by atoms with Gasteiger partial charge in [-0.2, -0.15) is 10.5 Å². The summed E-state index contributed by atoms with van der Waals surface area (Å²) in [6.07, 6.45) is 0. The highest BCUT2D eigenvalue weighted by molar-refractivity contribution is 6.03. The van der Waals surface area contributed by atoms with Gasteiger partial charge in [-0.1, -0.05) is 17.7 Å². The first kappa shape index (κ1) is 21.7. The third-order valence-corrected chi connectivity index (χ3v) is 4.24. The monoisotopic (exact) mass is 408 g/mol. The highest BCUT2D eigenvalue weighted by Gasteiger charge is 2.25. The lowest BCUT2D eigenvalue weighted by atomic mass is 10.0. The van der Waals surface area contributed by atoms with Gasteiger partial charge in [-0.15, -0.1) is 0 Å². The summed E-state index contributed by atoms with van der Waals surface area (Å²) in [5, 5.41) is 59.2. The van der Waals surface area contributed by atoms with Crippen LogP contribution in [0.1, 0.15) is 22.3 Å². The number of phenolic OH excluding ortho intramolecular Hbond substituents is 2. The summed E-state index contributed by atoms with van der Waals surface area (Å²) in [7, 11) is 1.35. The maximum atomic E-state index is 12.7. The first-order valence-corrected chi connectivity index (χ1v) is 8.39. The van der Waals surface area contributed by atoms with Crippen LogP contribution < -0.4 is 0 Å². The number of nitro benzene ring substituents is 1. The molecule has 0 aliphatic carbocycles. The number of nitriles is 2. The van der Waals surface area contributed by atoms with E-state index < -0.39 is 44.9 Å². The summed E-state index contributed by atoms with van der Waals surface area (Å²) >= 11 is 0. The van der Waals surface area contributed by atoms with Crippen LogP contribution in [0.15, 0.2) is 35.9 Å². The molecule has 2 rings (SSSR count). The van der Waals surface area contributed by atoms with E-state index in [-0.39, 0.29) is 6.54 Å². The van der Waals surface area contributed by atoms with Gasteiger partial charge in [-0.3, -0.25) is 14.9 Å². The molecule has 30 heavy (non-hydrogen) atoms. The van der Waals surface area contributed by atoms with Gasteiger partial charge in [0.15, 0.2) is 11.3 Å². The predicted molar refractivity (Wildman–Crippen MR) is 104 cm³/mol. The predicted octanol–water partition coefficient (Wildman–Crippen LogP) is 2.64. The zero-order valence-electron chi connectivity index (χ0n) is 15.9. The molecule has 1 amide bonds. The van der Waals surface area contributed by atoms with Crippen LogP contribution in [-0.4, -0.2) is 38.1 Å². The van der Waals surface area contributed by atoms with Crippen molar-refractivity contribution >= 4 is 17.4 Å². The topological polar surface area (TPSA) is 172 Å². The molecule has 0 aliphatic rings. The number of carbonyl (C=O) groups is 1. The zero-order valence-corrected chi connectivity index (χ0v) is 15.9. The van der Waals surface area contributed by atoms with E-state index in [4.69, 9.17) is 0 Å². The standard InChI is InChI=1S/C20H16N4O6/c1-11-3-4-12(8-21)14(5-11)10-23(2)20(28)15(9-22)18(26)13-6-16(24(29)30)19(27)17(25)7-13/h3-7,25-27H,10H2,1-2H3/b18-15-. The number of aliphatic hydroxyl groups is 1. The third-order valence-electron chi connectivity index (χ3n) is 4.24. The molecule has 10 nitrogen and oxygen atoms in total. The number of hydrogen-bond donors (Lipinski definition) is 3. The van der Waals surface area contributed by atoms with Gasteiger partial charge in [0.25, 0.3) is 5.91 Å². The van der Waals surface area contributed by atoms with Gasteiger partial charge in [0.1, 0.15) is 11.8 Å². The van der Waals surface area contributed by atoms with Crippen molar-refractivity contribution in [1.29, 1.82) is 10.5 Å². The van der Waals surface area contributed by atoms with Crippen molar-refractivity contribution in [2.45, 2.75) is 13.5 Å². The van der Waals surface area contributed by atoms with Gasteiger partial charge in [-0.25, -0.2) is 0 Å². The van der Waals surface area contributed by atoms with Crippen molar-refractivity contribution in [2.24, 2.45) is 0 Å². The summed E-state index contributed by atoms with van der Waals surface area (Å²) in [5.74, 6) is -3.72. The van der Waals surface area contributed by atoms with E-state index in [2.05, 4.69) is 0 Å². The number of likely N-dealkylation sites (N-methyl/N-ethyl adjacent to an activating group) is 1. The van der Waals surface area contributed by atoms with E-state index in [9.17, 15) is 40.8 Å². The van der Waals surface area contributed by atoms with Crippen molar-refractivity contribution in [3.63, 3.8) is 0 Å². The van der Waals surface area contributed by atoms with Crippen molar-refractivity contribution in [2.75, 3.05) is 7.05 Å². The average molecular weight is 408 g/mol. The Balaban J connectivity index is 2.46. The normalized spacial score (nSPS) is 11.1. The van der Waals surface area contributed by atoms with Gasteiger partial charge in [0.05, 0.1) is 16.6 Å². The molecule has 0 heterocycles. The third kappa shape index (κ3) is 4.29. The Labute approximate surface area is 170 Å². The second-order valence-electron chi connectivity index (χ2n) is 6.39. The molecule has 2 aromatic carbocycles. The van der Waals surface area contributed by atoms with Gasteiger partial charge < -0.3 is 20.2 Å². The summed E-state index contributed by atoms with van der Waals surface area (Å²) in [6, 6.07) is 10.1. The SMILES string of the molecule is Cc1ccc(C#N)c(CN(C)C(=O)/C(C#N)=C(\O)c2cc(O)c(O)c([N+](=O)[O-])c2)c1. The van der Waals surface area contributed by atoms with Crippen LogP contribution in [0.25, 0.3) is 5.76 Å². The molecule has 0 atom stereocenters. The van der Waals surface area contributed by atoms with Crippen LogP contribution in [-0.2, 0) is 11.3 Å². The van der Waals surface area contributed by atoms with Crippen molar-refractivity contribution in [3.05, 3.63) is 68.3 Å². The van der Waals surface area contributed by atoms with Crippen molar-refractivity contribution < 1.29 is 25.0 Å². The highest BCUT2D eigenvalue weighted by Crippen LogP contribution is 2.38. The molecule has 0 unspecified atom stereocenters. The number of hydrogen-bond acceptors (Lipinski definition) is 8. The van der Waals surface area contributed by atoms with Gasteiger partial charge in [-0.05, 0) is 24.6 Å². The number of nitro groups is 1. The number of phenols is 2. The van der Waals surface area contributed by atoms with Crippen molar-refractivity contribution in [1.82, 2.24) is 4.90 Å². The van der Waals surface area contributed by atoms with Crippen LogP contribution in [0.2, 0.25) is 0 Å². The Morgan fingerprint density at radius 1 is 1.23 bits per heavy atom. The molecule has 0 aliphatic heterocycles. The fourth-order valence-corrected chi connectivity index (χ4v) is 2.71. The van der Waals surface area contributed by atoms with Gasteiger partial charge in [0, 0.05) is 25.2 Å². The smallest absolute Gasteiger partial charge is 0.315 e. The fraction of sp³-hybridized carbons (Fsp3) is 0.150. The van der Waals surface area contributed by atoms with Crippen molar-refractivity contribution in [3.8, 4) is 23.6 Å². The van der Waals surface area contributed by atoms with Crippen LogP contribution >= 0.6 is 0 Å². The lowest BCUT2D eigenvalue weighted by Gasteiger charge is -2.18. The second-order valence-corrected chi connectivity index (χ2v) is 6.39. The first-order chi connectivity index (χ1) is 14.1. The number of amides is 1. The Kier molecular flexibility index (Phi) is 6.25. The average Bonchev–Trinajstić information content (AvgIpc) is 2.70. The molecule has 0 saturated heterocycles. The molecule has 0 radical (unpaired) electrons. The van der Waals surface area contributed by atoms with E-state index in [1.807, 2.05) is 13.0 Å². The number of benzene rings is 2. The Morgan fingerprint density at radius 2 is 1.90 bits per heavy atom. The number of aliphatic hydroxyl groups excluding tert-OH is 1. The molecule has 0 bridgehead atoms. The van der Waals surface area contributed by atoms with E-state index in [1.54, 1.807) is 24.3 Å². The Morgan fingerprint density at radius 3 is 2.47 bits per heavy atom. The number of nitrogens with zero attached hydrogens (tertiary/aromatic N) is 4.